The molecule has 1 rings (SSSR count). The van der Waals surface area contributed by atoms with Crippen LogP contribution in [0.25, 0.3) is 0 Å². The molecule has 0 aliphatic carbocycles. The zero-order valence-electron chi connectivity index (χ0n) is 15.2. The van der Waals surface area contributed by atoms with Crippen molar-refractivity contribution in [2.75, 3.05) is 13.1 Å². The molecule has 0 spiro atoms. The van der Waals surface area contributed by atoms with E-state index in [0.717, 1.165) is 18.4 Å². The topological polar surface area (TPSA) is 95.5 Å². The van der Waals surface area contributed by atoms with Gasteiger partial charge in [-0.2, -0.15) is 0 Å². The maximum absolute atomic E-state index is 12.0. The van der Waals surface area contributed by atoms with Gasteiger partial charge in [0.1, 0.15) is 0 Å². The predicted octanol–water partition coefficient (Wildman–Crippen LogP) is 2.48. The lowest BCUT2D eigenvalue weighted by molar-refractivity contribution is -0.137. The first kappa shape index (κ1) is 20.7. The molecule has 0 unspecified atom stereocenters. The van der Waals surface area contributed by atoms with Gasteiger partial charge in [-0.1, -0.05) is 39.3 Å². The third-order valence-corrected chi connectivity index (χ3v) is 3.81. The van der Waals surface area contributed by atoms with Crippen molar-refractivity contribution in [2.45, 2.75) is 51.9 Å². The van der Waals surface area contributed by atoms with Gasteiger partial charge in [0, 0.05) is 18.5 Å². The van der Waals surface area contributed by atoms with Crippen LogP contribution in [0.15, 0.2) is 24.3 Å². The number of hydrogen-bond acceptors (Lipinski definition) is 3. The molecule has 0 fully saturated rings. The van der Waals surface area contributed by atoms with Crippen LogP contribution < -0.4 is 10.6 Å². The van der Waals surface area contributed by atoms with Gasteiger partial charge in [0.05, 0.1) is 6.54 Å². The average molecular weight is 348 g/mol. The van der Waals surface area contributed by atoms with E-state index < -0.39 is 5.97 Å². The molecule has 0 saturated carbocycles. The van der Waals surface area contributed by atoms with E-state index in [2.05, 4.69) is 31.4 Å². The third kappa shape index (κ3) is 8.33. The molecule has 6 heteroatoms. The largest absolute Gasteiger partial charge is 0.481 e. The Morgan fingerprint density at radius 1 is 0.960 bits per heavy atom. The fourth-order valence-corrected chi connectivity index (χ4v) is 2.25. The molecule has 0 aromatic heterocycles. The standard InChI is InChI=1S/C19H28N2O4/c1-19(2,3)15-10-8-14(9-11-15)18(25)21-13-16(22)20-12-6-4-5-7-17(23)24/h8-11H,4-7,12-13H2,1-3H3,(H,20,22)(H,21,25)(H,23,24). The summed E-state index contributed by atoms with van der Waals surface area (Å²) in [7, 11) is 0. The first-order valence-electron chi connectivity index (χ1n) is 8.57. The summed E-state index contributed by atoms with van der Waals surface area (Å²) in [5.74, 6) is -1.34. The zero-order valence-corrected chi connectivity index (χ0v) is 15.2. The molecule has 0 saturated heterocycles. The molecule has 0 radical (unpaired) electrons. The van der Waals surface area contributed by atoms with Gasteiger partial charge >= 0.3 is 5.97 Å². The van der Waals surface area contributed by atoms with Crippen LogP contribution in [-0.2, 0) is 15.0 Å². The number of benzene rings is 1. The van der Waals surface area contributed by atoms with Crippen molar-refractivity contribution in [3.8, 4) is 0 Å². The molecule has 0 bridgehead atoms. The highest BCUT2D eigenvalue weighted by Crippen LogP contribution is 2.22. The Hall–Kier alpha value is -2.37. The smallest absolute Gasteiger partial charge is 0.303 e. The molecule has 0 aliphatic rings. The van der Waals surface area contributed by atoms with Crippen LogP contribution in [-0.4, -0.2) is 36.0 Å². The average Bonchev–Trinajstić information content (AvgIpc) is 2.54. The number of carbonyl (C=O) groups excluding carboxylic acids is 2. The van der Waals surface area contributed by atoms with Crippen LogP contribution in [0.3, 0.4) is 0 Å². The van der Waals surface area contributed by atoms with Crippen molar-refractivity contribution in [2.24, 2.45) is 0 Å². The molecule has 0 aliphatic heterocycles. The Bertz CT molecular complexity index is 588. The Morgan fingerprint density at radius 2 is 1.60 bits per heavy atom. The van der Waals surface area contributed by atoms with Gasteiger partial charge in [-0.05, 0) is 36.0 Å². The molecule has 0 atom stereocenters. The summed E-state index contributed by atoms with van der Waals surface area (Å²) < 4.78 is 0. The first-order chi connectivity index (χ1) is 11.7. The second-order valence-electron chi connectivity index (χ2n) is 7.06. The third-order valence-electron chi connectivity index (χ3n) is 3.81. The molecule has 1 aromatic rings. The molecule has 2 amide bonds. The zero-order chi connectivity index (χ0) is 18.9. The van der Waals surface area contributed by atoms with Gasteiger partial charge < -0.3 is 15.7 Å². The lowest BCUT2D eigenvalue weighted by atomic mass is 9.87. The summed E-state index contributed by atoms with van der Waals surface area (Å²) in [4.78, 5) is 34.1. The van der Waals surface area contributed by atoms with Gasteiger partial charge in [-0.15, -0.1) is 0 Å². The predicted molar refractivity (Wildman–Crippen MR) is 96.6 cm³/mol. The molecule has 6 nitrogen and oxygen atoms in total. The number of nitrogens with one attached hydrogen (secondary N) is 2. The van der Waals surface area contributed by atoms with E-state index in [1.807, 2.05) is 12.1 Å². The molecule has 138 valence electrons. The quantitative estimate of drug-likeness (QED) is 0.597. The monoisotopic (exact) mass is 348 g/mol. The van der Waals surface area contributed by atoms with Gasteiger partial charge in [0.15, 0.2) is 0 Å². The van der Waals surface area contributed by atoms with E-state index >= 15 is 0 Å². The Labute approximate surface area is 149 Å². The highest BCUT2D eigenvalue weighted by molar-refractivity contribution is 5.96. The molecule has 1 aromatic carbocycles. The van der Waals surface area contributed by atoms with E-state index in [0.29, 0.717) is 18.5 Å². The van der Waals surface area contributed by atoms with Crippen molar-refractivity contribution in [1.82, 2.24) is 10.6 Å². The minimum absolute atomic E-state index is 0.0271. The number of unbranched alkanes of at least 4 members (excludes halogenated alkanes) is 2. The fraction of sp³-hybridized carbons (Fsp3) is 0.526. The highest BCUT2D eigenvalue weighted by atomic mass is 16.4. The van der Waals surface area contributed by atoms with Crippen LogP contribution in [0, 0.1) is 0 Å². The van der Waals surface area contributed by atoms with Crippen LogP contribution in [0.2, 0.25) is 0 Å². The lowest BCUT2D eigenvalue weighted by Gasteiger charge is -2.19. The van der Waals surface area contributed by atoms with E-state index in [-0.39, 0.29) is 30.2 Å². The van der Waals surface area contributed by atoms with Crippen molar-refractivity contribution in [3.63, 3.8) is 0 Å². The van der Waals surface area contributed by atoms with Crippen LogP contribution >= 0.6 is 0 Å². The van der Waals surface area contributed by atoms with Crippen molar-refractivity contribution in [1.29, 1.82) is 0 Å². The second-order valence-corrected chi connectivity index (χ2v) is 7.06. The highest BCUT2D eigenvalue weighted by Gasteiger charge is 2.14. The molecule has 25 heavy (non-hydrogen) atoms. The summed E-state index contributed by atoms with van der Waals surface area (Å²) in [5.41, 5.74) is 1.69. The number of carbonyl (C=O) groups is 3. The SMILES string of the molecule is CC(C)(C)c1ccc(C(=O)NCC(=O)NCCCCCC(=O)O)cc1. The Kier molecular flexibility index (Phi) is 8.11. The van der Waals surface area contributed by atoms with E-state index in [1.165, 1.54) is 0 Å². The fourth-order valence-electron chi connectivity index (χ4n) is 2.25. The number of carboxylic acids is 1. The van der Waals surface area contributed by atoms with Gasteiger partial charge in [0.25, 0.3) is 5.91 Å². The number of aliphatic carboxylic acids is 1. The first-order valence-corrected chi connectivity index (χ1v) is 8.57. The number of hydrogen-bond donors (Lipinski definition) is 3. The van der Waals surface area contributed by atoms with Gasteiger partial charge in [-0.25, -0.2) is 0 Å². The maximum atomic E-state index is 12.0. The van der Waals surface area contributed by atoms with Crippen LogP contribution in [0.5, 0.6) is 0 Å². The molecular formula is C19H28N2O4. The minimum atomic E-state index is -0.803. The summed E-state index contributed by atoms with van der Waals surface area (Å²) in [6.07, 6.45) is 2.23. The van der Waals surface area contributed by atoms with E-state index in [1.54, 1.807) is 12.1 Å². The summed E-state index contributed by atoms with van der Waals surface area (Å²) in [6.45, 7) is 6.72. The van der Waals surface area contributed by atoms with E-state index in [9.17, 15) is 14.4 Å². The summed E-state index contributed by atoms with van der Waals surface area (Å²) in [6, 6.07) is 7.37. The van der Waals surface area contributed by atoms with Crippen LogP contribution in [0.4, 0.5) is 0 Å². The Morgan fingerprint density at radius 3 is 2.16 bits per heavy atom. The molecule has 3 N–H and O–H groups in total. The Balaban J connectivity index is 2.27. The number of amides is 2. The van der Waals surface area contributed by atoms with Crippen molar-refractivity contribution in [3.05, 3.63) is 35.4 Å². The second kappa shape index (κ2) is 9.81. The van der Waals surface area contributed by atoms with E-state index in [4.69, 9.17) is 5.11 Å². The molecule has 0 heterocycles. The summed E-state index contributed by atoms with van der Waals surface area (Å²) in [5, 5.41) is 13.8. The lowest BCUT2D eigenvalue weighted by Crippen LogP contribution is -2.37. The normalized spacial score (nSPS) is 11.0. The molecular weight excluding hydrogens is 320 g/mol. The van der Waals surface area contributed by atoms with Crippen molar-refractivity contribution >= 4 is 17.8 Å². The van der Waals surface area contributed by atoms with Gasteiger partial charge in [0.2, 0.25) is 5.91 Å². The maximum Gasteiger partial charge on any atom is 0.303 e. The summed E-state index contributed by atoms with van der Waals surface area (Å²) >= 11 is 0. The number of rotatable bonds is 9. The van der Waals surface area contributed by atoms with Gasteiger partial charge in [-0.3, -0.25) is 14.4 Å². The van der Waals surface area contributed by atoms with Crippen molar-refractivity contribution < 1.29 is 19.5 Å². The minimum Gasteiger partial charge on any atom is -0.481 e. The number of carboxylic acid groups (broad SMARTS) is 1. The van der Waals surface area contributed by atoms with Crippen LogP contribution in [0.1, 0.15) is 62.4 Å².